The van der Waals surface area contributed by atoms with Gasteiger partial charge in [0, 0.05) is 6.54 Å². The number of benzene rings is 3. The number of para-hydroxylation sites is 1. The monoisotopic (exact) mass is 376 g/mol. The highest BCUT2D eigenvalue weighted by Crippen LogP contribution is 2.16. The number of amides is 2. The van der Waals surface area contributed by atoms with Gasteiger partial charge >= 0.3 is 0 Å². The molecule has 0 saturated carbocycles. The molecular weight excluding hydrogens is 355 g/mol. The lowest BCUT2D eigenvalue weighted by atomic mass is 10.1. The van der Waals surface area contributed by atoms with Crippen molar-refractivity contribution in [2.45, 2.75) is 12.8 Å². The van der Waals surface area contributed by atoms with Crippen LogP contribution in [0.4, 0.5) is 10.1 Å². The minimum Gasteiger partial charge on any atom is -0.352 e. The molecule has 0 aliphatic heterocycles. The zero-order valence-electron chi connectivity index (χ0n) is 15.3. The number of anilines is 1. The fourth-order valence-electron chi connectivity index (χ4n) is 2.83. The van der Waals surface area contributed by atoms with Crippen LogP contribution in [0.5, 0.6) is 0 Å². The van der Waals surface area contributed by atoms with Gasteiger partial charge in [-0.1, -0.05) is 54.6 Å². The second-order valence-electron chi connectivity index (χ2n) is 6.39. The highest BCUT2D eigenvalue weighted by Gasteiger charge is 2.13. The molecule has 2 N–H and O–H groups in total. The summed E-state index contributed by atoms with van der Waals surface area (Å²) in [5, 5.41) is 5.65. The fourth-order valence-corrected chi connectivity index (χ4v) is 2.83. The van der Waals surface area contributed by atoms with Crippen LogP contribution in [0.1, 0.15) is 21.5 Å². The number of rotatable bonds is 7. The Hall–Kier alpha value is -3.47. The molecule has 0 radical (unpaired) electrons. The number of nitrogens with one attached hydrogen (secondary N) is 2. The van der Waals surface area contributed by atoms with Gasteiger partial charge in [0.2, 0.25) is 5.91 Å². The van der Waals surface area contributed by atoms with E-state index < -0.39 is 0 Å². The van der Waals surface area contributed by atoms with E-state index in [1.807, 2.05) is 30.3 Å². The van der Waals surface area contributed by atoms with Crippen molar-refractivity contribution in [3.63, 3.8) is 0 Å². The Morgan fingerprint density at radius 1 is 0.786 bits per heavy atom. The van der Waals surface area contributed by atoms with E-state index in [0.29, 0.717) is 23.4 Å². The average molecular weight is 376 g/mol. The minimum atomic E-state index is -0.346. The molecule has 2 amide bonds. The summed E-state index contributed by atoms with van der Waals surface area (Å²) in [5.41, 5.74) is 2.70. The molecule has 0 heterocycles. The molecular formula is C23H21FN2O2. The summed E-state index contributed by atoms with van der Waals surface area (Å²) >= 11 is 0. The molecule has 0 fully saturated rings. The Morgan fingerprint density at radius 2 is 1.46 bits per heavy atom. The fraction of sp³-hybridized carbons (Fsp3) is 0.130. The summed E-state index contributed by atoms with van der Waals surface area (Å²) in [5.74, 6) is -0.855. The van der Waals surface area contributed by atoms with Crippen LogP contribution in [-0.2, 0) is 17.6 Å². The smallest absolute Gasteiger partial charge is 0.253 e. The Balaban J connectivity index is 1.59. The van der Waals surface area contributed by atoms with E-state index in [1.165, 1.54) is 12.1 Å². The zero-order chi connectivity index (χ0) is 19.8. The zero-order valence-corrected chi connectivity index (χ0v) is 15.3. The molecule has 0 saturated heterocycles. The molecule has 0 atom stereocenters. The van der Waals surface area contributed by atoms with E-state index in [1.54, 1.807) is 36.4 Å². The van der Waals surface area contributed by atoms with Crippen molar-refractivity contribution in [3.05, 3.63) is 101 Å². The van der Waals surface area contributed by atoms with Crippen molar-refractivity contribution in [3.8, 4) is 0 Å². The minimum absolute atomic E-state index is 0.101. The average Bonchev–Trinajstić information content (AvgIpc) is 2.71. The van der Waals surface area contributed by atoms with Gasteiger partial charge in [-0.2, -0.15) is 0 Å². The normalized spacial score (nSPS) is 10.3. The third kappa shape index (κ3) is 5.51. The van der Waals surface area contributed by atoms with Crippen molar-refractivity contribution in [2.75, 3.05) is 11.9 Å². The van der Waals surface area contributed by atoms with Crippen LogP contribution in [0.15, 0.2) is 78.9 Å². The molecule has 3 aromatic carbocycles. The Bertz CT molecular complexity index is 940. The van der Waals surface area contributed by atoms with Gasteiger partial charge < -0.3 is 10.6 Å². The predicted molar refractivity (Wildman–Crippen MR) is 108 cm³/mol. The maximum atomic E-state index is 13.0. The molecule has 28 heavy (non-hydrogen) atoms. The molecule has 5 heteroatoms. The van der Waals surface area contributed by atoms with Gasteiger partial charge in [0.25, 0.3) is 5.91 Å². The van der Waals surface area contributed by atoms with Gasteiger partial charge in [-0.05, 0) is 41.8 Å². The summed E-state index contributed by atoms with van der Waals surface area (Å²) < 4.78 is 13.0. The highest BCUT2D eigenvalue weighted by atomic mass is 19.1. The van der Waals surface area contributed by atoms with Gasteiger partial charge in [0.15, 0.2) is 0 Å². The third-order valence-corrected chi connectivity index (χ3v) is 4.27. The molecule has 0 aliphatic rings. The van der Waals surface area contributed by atoms with E-state index in [2.05, 4.69) is 10.6 Å². The van der Waals surface area contributed by atoms with Crippen LogP contribution in [-0.4, -0.2) is 18.4 Å². The first kappa shape index (κ1) is 19.3. The van der Waals surface area contributed by atoms with E-state index in [9.17, 15) is 14.0 Å². The molecule has 142 valence electrons. The molecule has 4 nitrogen and oxygen atoms in total. The Kier molecular flexibility index (Phi) is 6.52. The number of hydrogen-bond acceptors (Lipinski definition) is 2. The number of halogens is 1. The van der Waals surface area contributed by atoms with Crippen molar-refractivity contribution in [2.24, 2.45) is 0 Å². The Morgan fingerprint density at radius 3 is 2.21 bits per heavy atom. The maximum absolute atomic E-state index is 13.0. The van der Waals surface area contributed by atoms with E-state index in [-0.39, 0.29) is 24.1 Å². The van der Waals surface area contributed by atoms with Gasteiger partial charge in [-0.15, -0.1) is 0 Å². The SMILES string of the molecule is O=C(Cc1ccc(F)cc1)Nc1ccccc1C(=O)NCCc1ccccc1. The van der Waals surface area contributed by atoms with Crippen molar-refractivity contribution >= 4 is 17.5 Å². The summed E-state index contributed by atoms with van der Waals surface area (Å²) in [6.07, 6.45) is 0.829. The maximum Gasteiger partial charge on any atom is 0.253 e. The predicted octanol–water partition coefficient (Wildman–Crippen LogP) is 3.98. The van der Waals surface area contributed by atoms with E-state index in [4.69, 9.17) is 0 Å². The number of carbonyl (C=O) groups excluding carboxylic acids is 2. The number of carbonyl (C=O) groups is 2. The third-order valence-electron chi connectivity index (χ3n) is 4.27. The summed E-state index contributed by atoms with van der Waals surface area (Å²) in [4.78, 5) is 24.8. The number of hydrogen-bond donors (Lipinski definition) is 2. The quantitative estimate of drug-likeness (QED) is 0.655. The van der Waals surface area contributed by atoms with Crippen LogP contribution in [0.25, 0.3) is 0 Å². The Labute approximate surface area is 163 Å². The lowest BCUT2D eigenvalue weighted by Crippen LogP contribution is -2.27. The molecule has 0 unspecified atom stereocenters. The first-order valence-electron chi connectivity index (χ1n) is 9.07. The van der Waals surface area contributed by atoms with Gasteiger partial charge in [-0.25, -0.2) is 4.39 Å². The lowest BCUT2D eigenvalue weighted by Gasteiger charge is -2.12. The summed E-state index contributed by atoms with van der Waals surface area (Å²) in [6.45, 7) is 0.501. The van der Waals surface area contributed by atoms with Crippen molar-refractivity contribution in [1.82, 2.24) is 5.32 Å². The second kappa shape index (κ2) is 9.46. The molecule has 3 aromatic rings. The second-order valence-corrected chi connectivity index (χ2v) is 6.39. The van der Waals surface area contributed by atoms with Crippen molar-refractivity contribution < 1.29 is 14.0 Å². The molecule has 0 aliphatic carbocycles. The highest BCUT2D eigenvalue weighted by molar-refractivity contribution is 6.04. The molecule has 0 spiro atoms. The molecule has 3 rings (SSSR count). The standard InChI is InChI=1S/C23H21FN2O2/c24-19-12-10-18(11-13-19)16-22(27)26-21-9-5-4-8-20(21)23(28)25-15-14-17-6-2-1-3-7-17/h1-13H,14-16H2,(H,25,28)(H,26,27). The molecule has 0 bridgehead atoms. The van der Waals surface area contributed by atoms with Crippen LogP contribution < -0.4 is 10.6 Å². The van der Waals surface area contributed by atoms with Crippen LogP contribution in [0.2, 0.25) is 0 Å². The van der Waals surface area contributed by atoms with Crippen molar-refractivity contribution in [1.29, 1.82) is 0 Å². The van der Waals surface area contributed by atoms with Gasteiger partial charge in [-0.3, -0.25) is 9.59 Å². The van der Waals surface area contributed by atoms with Crippen LogP contribution in [0, 0.1) is 5.82 Å². The first-order chi connectivity index (χ1) is 13.6. The van der Waals surface area contributed by atoms with Gasteiger partial charge in [0.05, 0.1) is 17.7 Å². The first-order valence-corrected chi connectivity index (χ1v) is 9.07. The van der Waals surface area contributed by atoms with E-state index in [0.717, 1.165) is 12.0 Å². The van der Waals surface area contributed by atoms with E-state index >= 15 is 0 Å². The largest absolute Gasteiger partial charge is 0.352 e. The lowest BCUT2D eigenvalue weighted by molar-refractivity contribution is -0.115. The topological polar surface area (TPSA) is 58.2 Å². The summed E-state index contributed by atoms with van der Waals surface area (Å²) in [6, 6.07) is 22.5. The van der Waals surface area contributed by atoms with Gasteiger partial charge in [0.1, 0.15) is 5.82 Å². The van der Waals surface area contributed by atoms with Crippen LogP contribution in [0.3, 0.4) is 0 Å². The van der Waals surface area contributed by atoms with Crippen LogP contribution >= 0.6 is 0 Å². The summed E-state index contributed by atoms with van der Waals surface area (Å²) in [7, 11) is 0. The molecule has 0 aromatic heterocycles.